The molecule has 2 aromatic rings. The normalized spacial score (nSPS) is 30.6. The van der Waals surface area contributed by atoms with Gasteiger partial charge in [-0.2, -0.15) is 0 Å². The van der Waals surface area contributed by atoms with E-state index < -0.39 is 5.41 Å². The van der Waals surface area contributed by atoms with Crippen LogP contribution in [0.15, 0.2) is 24.4 Å². The molecule has 3 N–H and O–H groups in total. The number of likely N-dealkylation sites (tertiary alicyclic amines) is 1. The van der Waals surface area contributed by atoms with Crippen LogP contribution in [-0.4, -0.2) is 35.4 Å². The van der Waals surface area contributed by atoms with E-state index in [1.807, 2.05) is 0 Å². The van der Waals surface area contributed by atoms with Crippen LogP contribution in [0.4, 0.5) is 0 Å². The standard InChI is InChI=1S/C19H25N3O/c1-11(2)19(18(20)23)8-14-13-5-4-6-15-17(13)12(9-21-15)7-16(14)22(3)10-19/h4-6,9,11,14,16,21H,7-8,10H2,1-3H3,(H2,20,23)/t14-,16-,19?/m1/s1. The smallest absolute Gasteiger partial charge is 0.225 e. The molecule has 1 aromatic carbocycles. The highest BCUT2D eigenvalue weighted by molar-refractivity contribution is 5.89. The number of carbonyl (C=O) groups is 1. The molecule has 1 saturated heterocycles. The fraction of sp³-hybridized carbons (Fsp3) is 0.526. The van der Waals surface area contributed by atoms with Crippen molar-refractivity contribution < 1.29 is 4.79 Å². The number of likely N-dealkylation sites (N-methyl/N-ethyl adjacent to an activating group) is 1. The highest BCUT2D eigenvalue weighted by atomic mass is 16.1. The molecule has 0 radical (unpaired) electrons. The van der Waals surface area contributed by atoms with Crippen molar-refractivity contribution in [1.29, 1.82) is 0 Å². The quantitative estimate of drug-likeness (QED) is 0.895. The first kappa shape index (κ1) is 14.8. The van der Waals surface area contributed by atoms with Crippen molar-refractivity contribution in [3.05, 3.63) is 35.5 Å². The van der Waals surface area contributed by atoms with Gasteiger partial charge in [0.2, 0.25) is 5.91 Å². The zero-order valence-corrected chi connectivity index (χ0v) is 14.1. The second-order valence-electron chi connectivity index (χ2n) is 7.76. The average molecular weight is 311 g/mol. The van der Waals surface area contributed by atoms with E-state index in [0.29, 0.717) is 12.0 Å². The maximum absolute atomic E-state index is 12.4. The highest BCUT2D eigenvalue weighted by Crippen LogP contribution is 2.50. The molecule has 1 amide bonds. The SMILES string of the molecule is CC(C)C1(C(N)=O)C[C@@H]2c3cccc4[nH]cc(c34)C[C@H]2N(C)C1. The molecule has 23 heavy (non-hydrogen) atoms. The Morgan fingerprint density at radius 2 is 2.22 bits per heavy atom. The maximum Gasteiger partial charge on any atom is 0.225 e. The minimum Gasteiger partial charge on any atom is -0.369 e. The Bertz CT molecular complexity index is 778. The van der Waals surface area contributed by atoms with Crippen LogP contribution in [0.2, 0.25) is 0 Å². The topological polar surface area (TPSA) is 62.1 Å². The van der Waals surface area contributed by atoms with Gasteiger partial charge in [-0.05, 0) is 43.0 Å². The van der Waals surface area contributed by atoms with Gasteiger partial charge in [0.15, 0.2) is 0 Å². The molecular formula is C19H25N3O. The Balaban J connectivity index is 1.87. The van der Waals surface area contributed by atoms with Crippen LogP contribution >= 0.6 is 0 Å². The van der Waals surface area contributed by atoms with Gasteiger partial charge < -0.3 is 15.6 Å². The van der Waals surface area contributed by atoms with Crippen LogP contribution in [-0.2, 0) is 11.2 Å². The molecule has 4 heteroatoms. The first-order valence-electron chi connectivity index (χ1n) is 8.53. The summed E-state index contributed by atoms with van der Waals surface area (Å²) in [6.45, 7) is 5.02. The lowest BCUT2D eigenvalue weighted by molar-refractivity contribution is -0.136. The van der Waals surface area contributed by atoms with E-state index in [0.717, 1.165) is 19.4 Å². The number of hydrogen-bond donors (Lipinski definition) is 2. The van der Waals surface area contributed by atoms with E-state index >= 15 is 0 Å². The molecule has 2 aliphatic rings. The van der Waals surface area contributed by atoms with Crippen molar-refractivity contribution in [3.8, 4) is 0 Å². The summed E-state index contributed by atoms with van der Waals surface area (Å²) in [5.74, 6) is 0.468. The van der Waals surface area contributed by atoms with Crippen LogP contribution in [0, 0.1) is 11.3 Å². The number of benzene rings is 1. The number of fused-ring (bicyclic) bond motifs is 2. The first-order chi connectivity index (χ1) is 10.9. The summed E-state index contributed by atoms with van der Waals surface area (Å²) in [7, 11) is 2.15. The maximum atomic E-state index is 12.4. The molecule has 1 unspecified atom stereocenters. The number of rotatable bonds is 2. The van der Waals surface area contributed by atoms with Crippen molar-refractivity contribution in [2.75, 3.05) is 13.6 Å². The number of piperidine rings is 1. The molecule has 122 valence electrons. The Morgan fingerprint density at radius 3 is 2.91 bits per heavy atom. The summed E-state index contributed by atoms with van der Waals surface area (Å²) in [4.78, 5) is 18.1. The van der Waals surface area contributed by atoms with Crippen LogP contribution in [0.1, 0.15) is 37.3 Å². The zero-order valence-electron chi connectivity index (χ0n) is 14.1. The summed E-state index contributed by atoms with van der Waals surface area (Å²) >= 11 is 0. The molecular weight excluding hydrogens is 286 g/mol. The summed E-state index contributed by atoms with van der Waals surface area (Å²) in [6, 6.07) is 6.95. The van der Waals surface area contributed by atoms with Gasteiger partial charge in [-0.3, -0.25) is 4.79 Å². The average Bonchev–Trinajstić information content (AvgIpc) is 2.92. The predicted molar refractivity (Wildman–Crippen MR) is 92.2 cm³/mol. The third-order valence-corrected chi connectivity index (χ3v) is 6.39. The van der Waals surface area contributed by atoms with Crippen LogP contribution in [0.25, 0.3) is 10.9 Å². The number of H-pyrrole nitrogens is 1. The number of aromatic amines is 1. The van der Waals surface area contributed by atoms with Crippen LogP contribution in [0.5, 0.6) is 0 Å². The van der Waals surface area contributed by atoms with Gasteiger partial charge in [0.1, 0.15) is 0 Å². The molecule has 0 bridgehead atoms. The number of nitrogens with two attached hydrogens (primary N) is 1. The van der Waals surface area contributed by atoms with Crippen molar-refractivity contribution >= 4 is 16.8 Å². The third-order valence-electron chi connectivity index (χ3n) is 6.39. The predicted octanol–water partition coefficient (Wildman–Crippen LogP) is 2.64. The molecule has 1 aliphatic heterocycles. The van der Waals surface area contributed by atoms with Crippen molar-refractivity contribution in [3.63, 3.8) is 0 Å². The minimum absolute atomic E-state index is 0.148. The Morgan fingerprint density at radius 1 is 1.43 bits per heavy atom. The summed E-state index contributed by atoms with van der Waals surface area (Å²) in [5, 5.41) is 1.37. The molecule has 1 aliphatic carbocycles. The number of carbonyl (C=O) groups excluding carboxylic acids is 1. The van der Waals surface area contributed by atoms with Crippen LogP contribution in [0.3, 0.4) is 0 Å². The van der Waals surface area contributed by atoms with Gasteiger partial charge >= 0.3 is 0 Å². The minimum atomic E-state index is -0.439. The lowest BCUT2D eigenvalue weighted by atomic mass is 9.62. The van der Waals surface area contributed by atoms with Gasteiger partial charge in [0.05, 0.1) is 5.41 Å². The Kier molecular flexibility index (Phi) is 3.11. The summed E-state index contributed by atoms with van der Waals surface area (Å²) < 4.78 is 0. The number of hydrogen-bond acceptors (Lipinski definition) is 2. The number of primary amides is 1. The molecule has 1 aromatic heterocycles. The molecule has 4 nitrogen and oxygen atoms in total. The number of nitrogens with one attached hydrogen (secondary N) is 1. The van der Waals surface area contributed by atoms with E-state index in [4.69, 9.17) is 5.73 Å². The van der Waals surface area contributed by atoms with E-state index in [-0.39, 0.29) is 11.8 Å². The van der Waals surface area contributed by atoms with Crippen LogP contribution < -0.4 is 5.73 Å². The number of amides is 1. The van der Waals surface area contributed by atoms with Crippen molar-refractivity contribution in [1.82, 2.24) is 9.88 Å². The zero-order chi connectivity index (χ0) is 16.4. The number of nitrogens with zero attached hydrogens (tertiary/aromatic N) is 1. The summed E-state index contributed by atoms with van der Waals surface area (Å²) in [5.41, 5.74) is 9.44. The monoisotopic (exact) mass is 311 g/mol. The molecule has 3 atom stereocenters. The molecule has 0 spiro atoms. The largest absolute Gasteiger partial charge is 0.369 e. The van der Waals surface area contributed by atoms with Gasteiger partial charge in [0.25, 0.3) is 0 Å². The molecule has 1 fully saturated rings. The third kappa shape index (κ3) is 1.91. The van der Waals surface area contributed by atoms with E-state index in [9.17, 15) is 4.79 Å². The van der Waals surface area contributed by atoms with Crippen molar-refractivity contribution in [2.24, 2.45) is 17.1 Å². The van der Waals surface area contributed by atoms with E-state index in [1.165, 1.54) is 22.0 Å². The van der Waals surface area contributed by atoms with E-state index in [2.05, 4.69) is 55.2 Å². The van der Waals surface area contributed by atoms with E-state index in [1.54, 1.807) is 0 Å². The van der Waals surface area contributed by atoms with Gasteiger partial charge in [-0.15, -0.1) is 0 Å². The second kappa shape index (κ2) is 4.84. The molecule has 4 rings (SSSR count). The second-order valence-corrected chi connectivity index (χ2v) is 7.76. The Hall–Kier alpha value is -1.81. The Labute approximate surface area is 137 Å². The molecule has 2 heterocycles. The van der Waals surface area contributed by atoms with Crippen molar-refractivity contribution in [2.45, 2.75) is 38.6 Å². The lowest BCUT2D eigenvalue weighted by Gasteiger charge is -2.51. The fourth-order valence-corrected chi connectivity index (χ4v) is 4.94. The highest BCUT2D eigenvalue weighted by Gasteiger charge is 2.51. The van der Waals surface area contributed by atoms with Gasteiger partial charge in [0, 0.05) is 35.6 Å². The van der Waals surface area contributed by atoms with Gasteiger partial charge in [-0.25, -0.2) is 0 Å². The summed E-state index contributed by atoms with van der Waals surface area (Å²) in [6.07, 6.45) is 4.06. The van der Waals surface area contributed by atoms with Gasteiger partial charge in [-0.1, -0.05) is 26.0 Å². The fourth-order valence-electron chi connectivity index (χ4n) is 4.94. The first-order valence-corrected chi connectivity index (χ1v) is 8.53. The lowest BCUT2D eigenvalue weighted by Crippen LogP contribution is -2.58. The molecule has 0 saturated carbocycles. The number of aromatic nitrogens is 1.